The number of ether oxygens (including phenoxy) is 3. The number of nitrogens with two attached hydrogens (primary N) is 1. The molecule has 0 radical (unpaired) electrons. The number of benzene rings is 2. The fourth-order valence-electron chi connectivity index (χ4n) is 5.93. The van der Waals surface area contributed by atoms with E-state index in [9.17, 15) is 0 Å². The van der Waals surface area contributed by atoms with Crippen molar-refractivity contribution in [1.29, 1.82) is 0 Å². The van der Waals surface area contributed by atoms with Crippen LogP contribution >= 0.6 is 0 Å². The summed E-state index contributed by atoms with van der Waals surface area (Å²) in [5.74, 6) is 0.993. The Kier molecular flexibility index (Phi) is 6.32. The number of fused-ring (bicyclic) bond motifs is 2. The molecule has 2 aliphatic rings. The molecule has 2 aliphatic carbocycles. The van der Waals surface area contributed by atoms with Gasteiger partial charge in [0.05, 0.1) is 31.2 Å². The van der Waals surface area contributed by atoms with Gasteiger partial charge < -0.3 is 24.5 Å². The summed E-state index contributed by atoms with van der Waals surface area (Å²) in [6.07, 6.45) is 3.85. The zero-order valence-electron chi connectivity index (χ0n) is 22.2. The van der Waals surface area contributed by atoms with Crippen LogP contribution in [0.2, 0.25) is 0 Å². The molecular weight excluding hydrogens is 478 g/mol. The van der Waals surface area contributed by atoms with Crippen LogP contribution in [0.1, 0.15) is 50.8 Å². The van der Waals surface area contributed by atoms with Gasteiger partial charge in [0.2, 0.25) is 11.8 Å². The van der Waals surface area contributed by atoms with Gasteiger partial charge in [-0.15, -0.1) is 0 Å². The Labute approximate surface area is 223 Å². The lowest BCUT2D eigenvalue weighted by Crippen LogP contribution is -2.35. The average Bonchev–Trinajstić information content (AvgIpc) is 3.35. The molecule has 4 aromatic rings. The first-order valence-electron chi connectivity index (χ1n) is 13.3. The Morgan fingerprint density at radius 1 is 0.974 bits per heavy atom. The normalized spacial score (nSPS) is 24.4. The molecule has 198 valence electrons. The van der Waals surface area contributed by atoms with Crippen molar-refractivity contribution < 1.29 is 14.2 Å². The van der Waals surface area contributed by atoms with Gasteiger partial charge in [0.15, 0.2) is 11.2 Å². The summed E-state index contributed by atoms with van der Waals surface area (Å²) in [5.41, 5.74) is 9.43. The topological polar surface area (TPSA) is 97.3 Å². The van der Waals surface area contributed by atoms with E-state index in [1.54, 1.807) is 0 Å². The number of aromatic nitrogens is 4. The van der Waals surface area contributed by atoms with Crippen molar-refractivity contribution in [3.05, 3.63) is 78.1 Å². The lowest BCUT2D eigenvalue weighted by molar-refractivity contribution is -0.104. The molecule has 0 saturated heterocycles. The molecule has 2 fully saturated rings. The van der Waals surface area contributed by atoms with Gasteiger partial charge in [0.1, 0.15) is 6.61 Å². The molecule has 0 bridgehead atoms. The van der Waals surface area contributed by atoms with Gasteiger partial charge in [-0.3, -0.25) is 0 Å². The van der Waals surface area contributed by atoms with Crippen LogP contribution in [-0.4, -0.2) is 37.8 Å². The third-order valence-electron chi connectivity index (χ3n) is 7.70. The second kappa shape index (κ2) is 9.67. The van der Waals surface area contributed by atoms with Crippen molar-refractivity contribution in [3.8, 4) is 5.88 Å². The Hall–Kier alpha value is -3.49. The van der Waals surface area contributed by atoms with Crippen molar-refractivity contribution in [2.24, 2.45) is 11.3 Å². The van der Waals surface area contributed by atoms with E-state index < -0.39 is 0 Å². The molecule has 0 amide bonds. The molecule has 2 N–H and O–H groups in total. The molecule has 2 saturated carbocycles. The Balaban J connectivity index is 1.24. The first kappa shape index (κ1) is 24.8. The number of nitrogens with zero attached hydrogens (tertiary/aromatic N) is 4. The lowest BCUT2D eigenvalue weighted by Gasteiger charge is -2.31. The van der Waals surface area contributed by atoms with Crippen LogP contribution in [0.25, 0.3) is 11.2 Å². The largest absolute Gasteiger partial charge is 0.471 e. The molecule has 2 heterocycles. The lowest BCUT2D eigenvalue weighted by atomic mass is 10.0. The molecule has 8 nitrogen and oxygen atoms in total. The Morgan fingerprint density at radius 3 is 2.34 bits per heavy atom. The zero-order valence-corrected chi connectivity index (χ0v) is 22.2. The second-order valence-corrected chi connectivity index (χ2v) is 11.5. The molecule has 8 heteroatoms. The van der Waals surface area contributed by atoms with Crippen LogP contribution in [0.15, 0.2) is 67.0 Å². The molecule has 0 unspecified atom stereocenters. The van der Waals surface area contributed by atoms with E-state index in [4.69, 9.17) is 19.9 Å². The van der Waals surface area contributed by atoms with Crippen LogP contribution in [0, 0.1) is 11.3 Å². The van der Waals surface area contributed by atoms with Crippen molar-refractivity contribution in [1.82, 2.24) is 19.5 Å². The maximum Gasteiger partial charge on any atom is 0.247 e. The molecule has 0 aliphatic heterocycles. The molecule has 0 spiro atoms. The predicted octanol–water partition coefficient (Wildman–Crippen LogP) is 5.34. The van der Waals surface area contributed by atoms with Crippen LogP contribution in [0.4, 0.5) is 5.95 Å². The van der Waals surface area contributed by atoms with Gasteiger partial charge in [-0.1, -0.05) is 60.7 Å². The van der Waals surface area contributed by atoms with Crippen molar-refractivity contribution in [3.63, 3.8) is 0 Å². The van der Waals surface area contributed by atoms with Gasteiger partial charge in [0.25, 0.3) is 0 Å². The van der Waals surface area contributed by atoms with E-state index >= 15 is 0 Å². The predicted molar refractivity (Wildman–Crippen MR) is 145 cm³/mol. The second-order valence-electron chi connectivity index (χ2n) is 11.5. The van der Waals surface area contributed by atoms with Gasteiger partial charge in [-0.05, 0) is 50.7 Å². The summed E-state index contributed by atoms with van der Waals surface area (Å²) in [6, 6.07) is 20.5. The molecule has 2 aromatic heterocycles. The number of hydrogen-bond acceptors (Lipinski definition) is 7. The van der Waals surface area contributed by atoms with E-state index in [-0.39, 0.29) is 29.1 Å². The quantitative estimate of drug-likeness (QED) is 0.323. The maximum absolute atomic E-state index is 6.64. The van der Waals surface area contributed by atoms with E-state index in [2.05, 4.69) is 52.4 Å². The number of hydrogen-bond donors (Lipinski definition) is 1. The first-order valence-corrected chi connectivity index (χ1v) is 13.3. The Bertz CT molecular complexity index is 1400. The number of imidazole rings is 1. The van der Waals surface area contributed by atoms with Crippen LogP contribution in [0.3, 0.4) is 0 Å². The third-order valence-corrected chi connectivity index (χ3v) is 7.70. The maximum atomic E-state index is 6.64. The fraction of sp³-hybridized carbons (Fsp3) is 0.433. The number of rotatable bonds is 9. The molecular formula is C30H35N5O3. The summed E-state index contributed by atoms with van der Waals surface area (Å²) < 4.78 is 21.1. The highest BCUT2D eigenvalue weighted by molar-refractivity contribution is 5.77. The van der Waals surface area contributed by atoms with E-state index in [1.165, 1.54) is 5.56 Å². The molecule has 6 rings (SSSR count). The van der Waals surface area contributed by atoms with Gasteiger partial charge in [-0.25, -0.2) is 4.98 Å². The highest BCUT2D eigenvalue weighted by Crippen LogP contribution is 2.69. The van der Waals surface area contributed by atoms with Crippen LogP contribution in [0.5, 0.6) is 5.88 Å². The van der Waals surface area contributed by atoms with Crippen LogP contribution in [-0.2, 0) is 22.7 Å². The highest BCUT2D eigenvalue weighted by atomic mass is 16.5. The molecule has 2 aromatic carbocycles. The summed E-state index contributed by atoms with van der Waals surface area (Å²) >= 11 is 0. The average molecular weight is 514 g/mol. The molecule has 38 heavy (non-hydrogen) atoms. The highest BCUT2D eigenvalue weighted by Gasteiger charge is 2.69. The van der Waals surface area contributed by atoms with Crippen molar-refractivity contribution in [2.45, 2.75) is 64.6 Å². The van der Waals surface area contributed by atoms with E-state index in [1.807, 2.05) is 54.9 Å². The number of nitrogen functional groups attached to an aromatic ring is 1. The van der Waals surface area contributed by atoms with Crippen LogP contribution < -0.4 is 10.5 Å². The number of anilines is 1. The standard InChI is InChI=1S/C30H35N5O3/c1-29(2,3)38-24-14-23(22-15-30(22,24)18-36-16-20-10-6-4-7-11-20)35-19-32-25-26(35)33-28(31)34-27(25)37-17-21-12-8-5-9-13-21/h4-13,19,22-24H,14-18H2,1-3H3,(H2,31,33,34)/t22-,23+,24+,30+/m1/s1. The van der Waals surface area contributed by atoms with Gasteiger partial charge in [-0.2, -0.15) is 9.97 Å². The summed E-state index contributed by atoms with van der Waals surface area (Å²) in [4.78, 5) is 13.6. The fourth-order valence-corrected chi connectivity index (χ4v) is 5.93. The van der Waals surface area contributed by atoms with Gasteiger partial charge >= 0.3 is 0 Å². The monoisotopic (exact) mass is 513 g/mol. The smallest absolute Gasteiger partial charge is 0.247 e. The third kappa shape index (κ3) is 4.86. The minimum atomic E-state index is -0.249. The first-order chi connectivity index (χ1) is 18.3. The SMILES string of the molecule is CC(C)(C)O[C@H]1C[C@H](n2cnc3c(OCc4ccccc4)nc(N)nc32)[C@H]2C[C@@]12COCc1ccccc1. The van der Waals surface area contributed by atoms with Gasteiger partial charge in [0, 0.05) is 11.5 Å². The summed E-state index contributed by atoms with van der Waals surface area (Å²) in [5, 5.41) is 0. The van der Waals surface area contributed by atoms with E-state index in [0.29, 0.717) is 42.8 Å². The summed E-state index contributed by atoms with van der Waals surface area (Å²) in [6.45, 7) is 8.00. The minimum Gasteiger partial charge on any atom is -0.471 e. The van der Waals surface area contributed by atoms with Crippen molar-refractivity contribution in [2.75, 3.05) is 12.3 Å². The van der Waals surface area contributed by atoms with E-state index in [0.717, 1.165) is 18.4 Å². The summed E-state index contributed by atoms with van der Waals surface area (Å²) in [7, 11) is 0. The minimum absolute atomic E-state index is 0.0193. The Morgan fingerprint density at radius 2 is 1.66 bits per heavy atom. The van der Waals surface area contributed by atoms with Crippen molar-refractivity contribution >= 4 is 17.1 Å². The molecule has 4 atom stereocenters. The zero-order chi connectivity index (χ0) is 26.3.